The Morgan fingerprint density at radius 1 is 1.62 bits per heavy atom. The Morgan fingerprint density at radius 2 is 2.23 bits per heavy atom. The summed E-state index contributed by atoms with van der Waals surface area (Å²) >= 11 is 1.86. The minimum absolute atomic E-state index is 0.0855. The van der Waals surface area contributed by atoms with Crippen molar-refractivity contribution in [2.75, 3.05) is 19.8 Å². The minimum atomic E-state index is -0.0855. The van der Waals surface area contributed by atoms with Gasteiger partial charge in [-0.2, -0.15) is 11.8 Å². The summed E-state index contributed by atoms with van der Waals surface area (Å²) in [5.74, 6) is 0.0998. The molecule has 13 heavy (non-hydrogen) atoms. The maximum atomic E-state index is 11.4. The first-order valence-electron chi connectivity index (χ1n) is 4.64. The number of likely N-dealkylation sites (N-methyl/N-ethyl adjacent to an activating group) is 1. The molecule has 0 heterocycles. The Morgan fingerprint density at radius 3 is 2.62 bits per heavy atom. The van der Waals surface area contributed by atoms with E-state index in [0.29, 0.717) is 4.75 Å². The molecule has 0 radical (unpaired) electrons. The van der Waals surface area contributed by atoms with E-state index in [-0.39, 0.29) is 11.9 Å². The molecule has 0 aromatic rings. The predicted octanol–water partition coefficient (Wildman–Crippen LogP) is 0.606. The standard InChI is InChI=1S/C9H18N2OS/c1-7(10-2)8(12)11-6-9(13-3)4-5-9/h7,10H,4-6H2,1-3H3,(H,11,12). The van der Waals surface area contributed by atoms with Gasteiger partial charge >= 0.3 is 0 Å². The van der Waals surface area contributed by atoms with Gasteiger partial charge in [0, 0.05) is 11.3 Å². The molecule has 0 saturated heterocycles. The summed E-state index contributed by atoms with van der Waals surface area (Å²) in [5.41, 5.74) is 0. The SMILES string of the molecule is CNC(C)C(=O)NCC1(SC)CC1. The number of nitrogens with one attached hydrogen (secondary N) is 2. The zero-order valence-electron chi connectivity index (χ0n) is 8.52. The van der Waals surface area contributed by atoms with Crippen molar-refractivity contribution < 1.29 is 4.79 Å². The second kappa shape index (κ2) is 4.33. The van der Waals surface area contributed by atoms with E-state index in [1.165, 1.54) is 12.8 Å². The number of hydrogen-bond acceptors (Lipinski definition) is 3. The second-order valence-corrected chi connectivity index (χ2v) is 4.89. The number of hydrogen-bond donors (Lipinski definition) is 2. The van der Waals surface area contributed by atoms with Crippen LogP contribution in [0.15, 0.2) is 0 Å². The second-order valence-electron chi connectivity index (χ2n) is 3.62. The van der Waals surface area contributed by atoms with Crippen LogP contribution in [-0.2, 0) is 4.79 Å². The van der Waals surface area contributed by atoms with Crippen LogP contribution in [0.3, 0.4) is 0 Å². The molecule has 76 valence electrons. The summed E-state index contributed by atoms with van der Waals surface area (Å²) in [6.07, 6.45) is 4.59. The average molecular weight is 202 g/mol. The van der Waals surface area contributed by atoms with Gasteiger partial charge in [-0.1, -0.05) is 0 Å². The number of carbonyl (C=O) groups is 1. The molecule has 0 aromatic heterocycles. The minimum Gasteiger partial charge on any atom is -0.353 e. The van der Waals surface area contributed by atoms with Gasteiger partial charge in [0.1, 0.15) is 0 Å². The third kappa shape index (κ3) is 2.88. The third-order valence-corrected chi connectivity index (χ3v) is 4.07. The molecule has 1 aliphatic rings. The van der Waals surface area contributed by atoms with Gasteiger partial charge < -0.3 is 10.6 Å². The van der Waals surface area contributed by atoms with Gasteiger partial charge in [0.25, 0.3) is 0 Å². The molecule has 2 N–H and O–H groups in total. The van der Waals surface area contributed by atoms with Gasteiger partial charge in [-0.05, 0) is 33.1 Å². The maximum absolute atomic E-state index is 11.4. The van der Waals surface area contributed by atoms with E-state index in [0.717, 1.165) is 6.54 Å². The Balaban J connectivity index is 2.22. The van der Waals surface area contributed by atoms with Gasteiger partial charge in [-0.15, -0.1) is 0 Å². The number of thioether (sulfide) groups is 1. The van der Waals surface area contributed by atoms with E-state index < -0.39 is 0 Å². The molecule has 1 amide bonds. The first-order chi connectivity index (χ1) is 6.13. The van der Waals surface area contributed by atoms with Crippen LogP contribution in [0.4, 0.5) is 0 Å². The van der Waals surface area contributed by atoms with E-state index in [1.54, 1.807) is 7.05 Å². The van der Waals surface area contributed by atoms with Crippen LogP contribution in [0.25, 0.3) is 0 Å². The number of rotatable bonds is 5. The molecular formula is C9H18N2OS. The first-order valence-corrected chi connectivity index (χ1v) is 5.86. The van der Waals surface area contributed by atoms with Gasteiger partial charge in [0.2, 0.25) is 5.91 Å². The zero-order chi connectivity index (χ0) is 9.90. The monoisotopic (exact) mass is 202 g/mol. The van der Waals surface area contributed by atoms with Crippen molar-refractivity contribution >= 4 is 17.7 Å². The highest BCUT2D eigenvalue weighted by molar-refractivity contribution is 8.00. The lowest BCUT2D eigenvalue weighted by Crippen LogP contribution is -2.43. The molecule has 1 saturated carbocycles. The van der Waals surface area contributed by atoms with Crippen LogP contribution in [0.5, 0.6) is 0 Å². The third-order valence-electron chi connectivity index (χ3n) is 2.65. The molecule has 0 bridgehead atoms. The van der Waals surface area contributed by atoms with Crippen LogP contribution in [0, 0.1) is 0 Å². The summed E-state index contributed by atoms with van der Waals surface area (Å²) in [6.45, 7) is 2.69. The number of amides is 1. The molecule has 0 spiro atoms. The fourth-order valence-electron chi connectivity index (χ4n) is 1.12. The van der Waals surface area contributed by atoms with Crippen LogP contribution in [-0.4, -0.2) is 36.5 Å². The molecular weight excluding hydrogens is 184 g/mol. The van der Waals surface area contributed by atoms with Crippen molar-refractivity contribution in [3.05, 3.63) is 0 Å². The highest BCUT2D eigenvalue weighted by Gasteiger charge is 2.42. The van der Waals surface area contributed by atoms with Crippen LogP contribution in [0.2, 0.25) is 0 Å². The van der Waals surface area contributed by atoms with E-state index >= 15 is 0 Å². The van der Waals surface area contributed by atoms with Crippen LogP contribution in [0.1, 0.15) is 19.8 Å². The predicted molar refractivity (Wildman–Crippen MR) is 57.0 cm³/mol. The molecule has 0 aliphatic heterocycles. The highest BCUT2D eigenvalue weighted by atomic mass is 32.2. The van der Waals surface area contributed by atoms with E-state index in [1.807, 2.05) is 18.7 Å². The fraction of sp³-hybridized carbons (Fsp3) is 0.889. The van der Waals surface area contributed by atoms with Crippen molar-refractivity contribution in [3.63, 3.8) is 0 Å². The van der Waals surface area contributed by atoms with Crippen LogP contribution >= 0.6 is 11.8 Å². The Hall–Kier alpha value is -0.220. The van der Waals surface area contributed by atoms with Gasteiger partial charge in [0.15, 0.2) is 0 Å². The lowest BCUT2D eigenvalue weighted by Gasteiger charge is -2.15. The summed E-state index contributed by atoms with van der Waals surface area (Å²) in [7, 11) is 1.80. The lowest BCUT2D eigenvalue weighted by atomic mass is 10.3. The lowest BCUT2D eigenvalue weighted by molar-refractivity contribution is -0.122. The van der Waals surface area contributed by atoms with Crippen molar-refractivity contribution in [1.29, 1.82) is 0 Å². The normalized spacial score (nSPS) is 20.8. The largest absolute Gasteiger partial charge is 0.353 e. The van der Waals surface area contributed by atoms with Crippen LogP contribution < -0.4 is 10.6 Å². The van der Waals surface area contributed by atoms with Crippen molar-refractivity contribution in [2.45, 2.75) is 30.6 Å². The smallest absolute Gasteiger partial charge is 0.236 e. The molecule has 3 nitrogen and oxygen atoms in total. The van der Waals surface area contributed by atoms with Gasteiger partial charge in [0.05, 0.1) is 6.04 Å². The van der Waals surface area contributed by atoms with Gasteiger partial charge in [-0.3, -0.25) is 4.79 Å². The van der Waals surface area contributed by atoms with E-state index in [9.17, 15) is 4.79 Å². The molecule has 1 rings (SSSR count). The van der Waals surface area contributed by atoms with Crippen molar-refractivity contribution in [3.8, 4) is 0 Å². The quantitative estimate of drug-likeness (QED) is 0.686. The summed E-state index contributed by atoms with van der Waals surface area (Å²) < 4.78 is 0.364. The summed E-state index contributed by atoms with van der Waals surface area (Å²) in [6, 6.07) is -0.0855. The molecule has 1 unspecified atom stereocenters. The molecule has 1 atom stereocenters. The van der Waals surface area contributed by atoms with Crippen molar-refractivity contribution in [2.24, 2.45) is 0 Å². The Kier molecular flexibility index (Phi) is 3.62. The number of carbonyl (C=O) groups excluding carboxylic acids is 1. The maximum Gasteiger partial charge on any atom is 0.236 e. The topological polar surface area (TPSA) is 41.1 Å². The zero-order valence-corrected chi connectivity index (χ0v) is 9.33. The molecule has 0 aromatic carbocycles. The van der Waals surface area contributed by atoms with Gasteiger partial charge in [-0.25, -0.2) is 0 Å². The Labute approximate surface area is 84.0 Å². The Bertz CT molecular complexity index is 192. The molecule has 1 aliphatic carbocycles. The van der Waals surface area contributed by atoms with E-state index in [2.05, 4.69) is 16.9 Å². The summed E-state index contributed by atoms with van der Waals surface area (Å²) in [5, 5.41) is 5.89. The molecule has 1 fully saturated rings. The highest BCUT2D eigenvalue weighted by Crippen LogP contribution is 2.46. The van der Waals surface area contributed by atoms with Crippen molar-refractivity contribution in [1.82, 2.24) is 10.6 Å². The summed E-state index contributed by atoms with van der Waals surface area (Å²) in [4.78, 5) is 11.4. The fourth-order valence-corrected chi connectivity index (χ4v) is 1.85. The average Bonchev–Trinajstić information content (AvgIpc) is 2.93. The first kappa shape index (κ1) is 10.9. The van der Waals surface area contributed by atoms with E-state index in [4.69, 9.17) is 0 Å². The molecule has 4 heteroatoms.